The Morgan fingerprint density at radius 2 is 2.27 bits per heavy atom. The predicted molar refractivity (Wildman–Crippen MR) is 43.3 cm³/mol. The largest absolute Gasteiger partial charge is 0.273 e. The summed E-state index contributed by atoms with van der Waals surface area (Å²) in [4.78, 5) is 10.3. The molecule has 0 aliphatic rings. The maximum absolute atomic E-state index is 10.3. The molecule has 1 aromatic carbocycles. The van der Waals surface area contributed by atoms with E-state index >= 15 is 0 Å². The van der Waals surface area contributed by atoms with Crippen LogP contribution in [0.1, 0.15) is 5.56 Å². The molecule has 2 nitrogen and oxygen atoms in total. The van der Waals surface area contributed by atoms with Crippen LogP contribution >= 0.6 is 11.6 Å². The van der Waals surface area contributed by atoms with Crippen molar-refractivity contribution in [2.24, 2.45) is 0 Å². The predicted octanol–water partition coefficient (Wildman–Crippen LogP) is 1.69. The smallest absolute Gasteiger partial charge is 0.242 e. The van der Waals surface area contributed by atoms with E-state index in [0.29, 0.717) is 5.02 Å². The normalized spacial score (nSPS) is 9.55. The second-order valence-electron chi connectivity index (χ2n) is 2.23. The molecule has 3 heteroatoms. The van der Waals surface area contributed by atoms with Gasteiger partial charge in [0, 0.05) is 5.02 Å². The number of nitrogens with one attached hydrogen (secondary N) is 1. The molecule has 0 bridgehead atoms. The lowest BCUT2D eigenvalue weighted by Gasteiger charge is -1.95. The Kier molecular flexibility index (Phi) is 2.49. The van der Waals surface area contributed by atoms with Crippen molar-refractivity contribution in [2.75, 3.05) is 0 Å². The topological polar surface area (TPSA) is 40.9 Å². The van der Waals surface area contributed by atoms with E-state index in [1.165, 1.54) is 0 Å². The molecule has 1 N–H and O–H groups in total. The molecule has 0 saturated carbocycles. The summed E-state index contributed by atoms with van der Waals surface area (Å²) in [7, 11) is 0. The van der Waals surface area contributed by atoms with Gasteiger partial charge in [-0.15, -0.1) is 0 Å². The Bertz CT molecular complexity index is 273. The minimum atomic E-state index is -0.590. The van der Waals surface area contributed by atoms with Crippen molar-refractivity contribution in [1.29, 1.82) is 0 Å². The van der Waals surface area contributed by atoms with Crippen LogP contribution in [0.15, 0.2) is 24.3 Å². The number of carbonyl (C=O) groups is 1. The van der Waals surface area contributed by atoms with Crippen molar-refractivity contribution < 1.29 is 4.79 Å². The van der Waals surface area contributed by atoms with Crippen LogP contribution in [0.25, 0.3) is 0 Å². The fourth-order valence-corrected chi connectivity index (χ4v) is 1.05. The zero-order chi connectivity index (χ0) is 8.27. The van der Waals surface area contributed by atoms with Crippen LogP contribution < -0.4 is 5.73 Å². The molecule has 0 aliphatic heterocycles. The van der Waals surface area contributed by atoms with Crippen molar-refractivity contribution in [1.82, 2.24) is 5.73 Å². The van der Waals surface area contributed by atoms with Crippen LogP contribution in [0, 0.1) is 0 Å². The Hall–Kier alpha value is -1.02. The Balaban J connectivity index is 2.79. The molecule has 0 atom stereocenters. The summed E-state index contributed by atoms with van der Waals surface area (Å²) in [6, 6.07) is 6.96. The maximum atomic E-state index is 10.3. The van der Waals surface area contributed by atoms with E-state index < -0.39 is 5.91 Å². The van der Waals surface area contributed by atoms with Gasteiger partial charge in [-0.3, -0.25) is 10.5 Å². The van der Waals surface area contributed by atoms with E-state index in [4.69, 9.17) is 17.3 Å². The number of carbonyl (C=O) groups excluding carboxylic acids is 1. The summed E-state index contributed by atoms with van der Waals surface area (Å²) in [5.74, 6) is -0.590. The van der Waals surface area contributed by atoms with Gasteiger partial charge in [-0.1, -0.05) is 23.7 Å². The first-order chi connectivity index (χ1) is 5.18. The molecular formula is C8H7ClNO. The molecule has 11 heavy (non-hydrogen) atoms. The van der Waals surface area contributed by atoms with E-state index in [9.17, 15) is 4.79 Å². The zero-order valence-electron chi connectivity index (χ0n) is 5.80. The van der Waals surface area contributed by atoms with E-state index in [2.05, 4.69) is 0 Å². The number of hydrogen-bond donors (Lipinski definition) is 0. The van der Waals surface area contributed by atoms with Gasteiger partial charge >= 0.3 is 0 Å². The summed E-state index contributed by atoms with van der Waals surface area (Å²) in [6.45, 7) is 0. The van der Waals surface area contributed by atoms with Gasteiger partial charge in [0.25, 0.3) is 0 Å². The molecule has 1 amide bonds. The van der Waals surface area contributed by atoms with Crippen molar-refractivity contribution in [3.8, 4) is 0 Å². The molecule has 0 unspecified atom stereocenters. The highest BCUT2D eigenvalue weighted by Gasteiger charge is 1.98. The second kappa shape index (κ2) is 3.39. The van der Waals surface area contributed by atoms with Gasteiger partial charge in [-0.05, 0) is 17.7 Å². The summed E-state index contributed by atoms with van der Waals surface area (Å²) >= 11 is 5.66. The van der Waals surface area contributed by atoms with Crippen molar-refractivity contribution in [3.05, 3.63) is 34.9 Å². The van der Waals surface area contributed by atoms with Crippen molar-refractivity contribution in [2.45, 2.75) is 6.42 Å². The molecule has 0 saturated heterocycles. The molecule has 0 aliphatic carbocycles. The third kappa shape index (κ3) is 2.60. The molecule has 57 valence electrons. The van der Waals surface area contributed by atoms with Crippen molar-refractivity contribution >= 4 is 17.5 Å². The van der Waals surface area contributed by atoms with Gasteiger partial charge in [-0.2, -0.15) is 0 Å². The first kappa shape index (κ1) is 8.08. The van der Waals surface area contributed by atoms with E-state index in [-0.39, 0.29) is 6.42 Å². The highest BCUT2D eigenvalue weighted by molar-refractivity contribution is 6.30. The number of halogens is 1. The Morgan fingerprint density at radius 3 is 2.82 bits per heavy atom. The lowest BCUT2D eigenvalue weighted by atomic mass is 10.1. The monoisotopic (exact) mass is 168 g/mol. The molecule has 0 fully saturated rings. The summed E-state index contributed by atoms with van der Waals surface area (Å²) in [6.07, 6.45) is 0.139. The van der Waals surface area contributed by atoms with Crippen LogP contribution in [0.2, 0.25) is 5.02 Å². The third-order valence-corrected chi connectivity index (χ3v) is 1.49. The maximum Gasteiger partial charge on any atom is 0.242 e. The number of hydrogen-bond acceptors (Lipinski definition) is 1. The molecule has 0 spiro atoms. The first-order valence-corrected chi connectivity index (χ1v) is 3.55. The van der Waals surface area contributed by atoms with Crippen LogP contribution in [0.3, 0.4) is 0 Å². The minimum absolute atomic E-state index is 0.139. The van der Waals surface area contributed by atoms with Crippen LogP contribution in [0.5, 0.6) is 0 Å². The van der Waals surface area contributed by atoms with Gasteiger partial charge < -0.3 is 0 Å². The third-order valence-electron chi connectivity index (χ3n) is 1.25. The first-order valence-electron chi connectivity index (χ1n) is 3.17. The quantitative estimate of drug-likeness (QED) is 0.663. The second-order valence-corrected chi connectivity index (χ2v) is 2.67. The summed E-state index contributed by atoms with van der Waals surface area (Å²) in [5.41, 5.74) is 7.49. The average Bonchev–Trinajstić information content (AvgIpc) is 1.85. The van der Waals surface area contributed by atoms with Gasteiger partial charge in [0.2, 0.25) is 5.91 Å². The number of benzene rings is 1. The van der Waals surface area contributed by atoms with Gasteiger partial charge in [-0.25, -0.2) is 0 Å². The van der Waals surface area contributed by atoms with Gasteiger partial charge in [0.05, 0.1) is 6.42 Å². The molecular weight excluding hydrogens is 162 g/mol. The summed E-state index contributed by atoms with van der Waals surface area (Å²) in [5, 5.41) is 0.601. The zero-order valence-corrected chi connectivity index (χ0v) is 6.56. The summed E-state index contributed by atoms with van der Waals surface area (Å²) < 4.78 is 0. The van der Waals surface area contributed by atoms with Gasteiger partial charge in [0.1, 0.15) is 0 Å². The highest BCUT2D eigenvalue weighted by atomic mass is 35.5. The minimum Gasteiger partial charge on any atom is -0.273 e. The molecule has 1 aromatic rings. The van der Waals surface area contributed by atoms with Crippen LogP contribution in [-0.4, -0.2) is 5.91 Å². The van der Waals surface area contributed by atoms with E-state index in [0.717, 1.165) is 5.56 Å². The van der Waals surface area contributed by atoms with E-state index in [1.807, 2.05) is 0 Å². The number of rotatable bonds is 2. The highest BCUT2D eigenvalue weighted by Crippen LogP contribution is 2.10. The lowest BCUT2D eigenvalue weighted by molar-refractivity contribution is -0.118. The van der Waals surface area contributed by atoms with Crippen LogP contribution in [-0.2, 0) is 11.2 Å². The lowest BCUT2D eigenvalue weighted by Crippen LogP contribution is -2.01. The molecule has 0 aromatic heterocycles. The van der Waals surface area contributed by atoms with Crippen LogP contribution in [0.4, 0.5) is 0 Å². The van der Waals surface area contributed by atoms with Crippen molar-refractivity contribution in [3.63, 3.8) is 0 Å². The molecule has 1 radical (unpaired) electrons. The standard InChI is InChI=1S/C8H7ClNO/c9-7-3-1-2-6(4-7)5-8(10)11/h1-4,10H,5H2. The van der Waals surface area contributed by atoms with Gasteiger partial charge in [0.15, 0.2) is 0 Å². The van der Waals surface area contributed by atoms with E-state index in [1.54, 1.807) is 24.3 Å². The molecule has 1 rings (SSSR count). The fourth-order valence-electron chi connectivity index (χ4n) is 0.832. The average molecular weight is 169 g/mol. The Morgan fingerprint density at radius 1 is 1.55 bits per heavy atom. The Labute approximate surface area is 70.0 Å². The number of amides is 1. The fraction of sp³-hybridized carbons (Fsp3) is 0.125. The SMILES string of the molecule is [NH]C(=O)Cc1cccc(Cl)c1. The molecule has 0 heterocycles.